The molecule has 0 aliphatic rings. The lowest BCUT2D eigenvalue weighted by Gasteiger charge is -1.98. The Balaban J connectivity index is 2.08. The number of Topliss-reactive ketones (excluding diaryl/α,β-unsaturated/α-hetero) is 1. The van der Waals surface area contributed by atoms with Crippen molar-refractivity contribution in [3.63, 3.8) is 0 Å². The number of hydrogen-bond donors (Lipinski definition) is 0. The standard InChI is InChI=1S/C13H14N2O/c1-2-15-10-11(9-14-15)8-13(16)12-6-4-3-5-7-12/h3-7,9-10H,2,8H2,1H3. The molecule has 1 aromatic heterocycles. The Morgan fingerprint density at radius 3 is 2.69 bits per heavy atom. The van der Waals surface area contributed by atoms with Crippen LogP contribution in [0.2, 0.25) is 0 Å². The minimum atomic E-state index is 0.135. The number of aromatic nitrogens is 2. The number of carbonyl (C=O) groups is 1. The highest BCUT2D eigenvalue weighted by Gasteiger charge is 2.07. The van der Waals surface area contributed by atoms with E-state index in [1.54, 1.807) is 6.20 Å². The Hall–Kier alpha value is -1.90. The lowest BCUT2D eigenvalue weighted by atomic mass is 10.1. The van der Waals surface area contributed by atoms with Crippen LogP contribution in [0.15, 0.2) is 42.7 Å². The van der Waals surface area contributed by atoms with Crippen LogP contribution < -0.4 is 0 Å². The van der Waals surface area contributed by atoms with Crippen molar-refractivity contribution in [1.82, 2.24) is 9.78 Å². The summed E-state index contributed by atoms with van der Waals surface area (Å²) in [6, 6.07) is 9.34. The summed E-state index contributed by atoms with van der Waals surface area (Å²) in [4.78, 5) is 11.9. The molecule has 0 N–H and O–H groups in total. The second-order valence-corrected chi connectivity index (χ2v) is 3.67. The van der Waals surface area contributed by atoms with Gasteiger partial charge in [-0.05, 0) is 12.5 Å². The zero-order valence-electron chi connectivity index (χ0n) is 9.26. The van der Waals surface area contributed by atoms with Crippen LogP contribution in [0.3, 0.4) is 0 Å². The van der Waals surface area contributed by atoms with Gasteiger partial charge in [-0.3, -0.25) is 9.48 Å². The first-order valence-corrected chi connectivity index (χ1v) is 5.39. The molecule has 0 saturated heterocycles. The lowest BCUT2D eigenvalue weighted by Crippen LogP contribution is -2.02. The molecule has 0 spiro atoms. The second kappa shape index (κ2) is 4.75. The van der Waals surface area contributed by atoms with E-state index < -0.39 is 0 Å². The molecule has 0 unspecified atom stereocenters. The molecule has 0 aliphatic heterocycles. The molecule has 0 fully saturated rings. The van der Waals surface area contributed by atoms with Gasteiger partial charge in [-0.2, -0.15) is 5.10 Å². The van der Waals surface area contributed by atoms with Crippen molar-refractivity contribution in [2.24, 2.45) is 0 Å². The maximum absolute atomic E-state index is 11.9. The molecule has 1 heterocycles. The summed E-state index contributed by atoms with van der Waals surface area (Å²) in [6.45, 7) is 2.86. The third kappa shape index (κ3) is 2.37. The number of hydrogen-bond acceptors (Lipinski definition) is 2. The monoisotopic (exact) mass is 214 g/mol. The maximum atomic E-state index is 11.9. The average molecular weight is 214 g/mol. The minimum Gasteiger partial charge on any atom is -0.294 e. The van der Waals surface area contributed by atoms with Crippen molar-refractivity contribution in [3.05, 3.63) is 53.9 Å². The van der Waals surface area contributed by atoms with Gasteiger partial charge in [0, 0.05) is 24.7 Å². The minimum absolute atomic E-state index is 0.135. The maximum Gasteiger partial charge on any atom is 0.167 e. The highest BCUT2D eigenvalue weighted by Crippen LogP contribution is 2.06. The third-order valence-electron chi connectivity index (χ3n) is 2.47. The SMILES string of the molecule is CCn1cc(CC(=O)c2ccccc2)cn1. The molecule has 0 radical (unpaired) electrons. The van der Waals surface area contributed by atoms with Gasteiger partial charge in [0.25, 0.3) is 0 Å². The fourth-order valence-corrected chi connectivity index (χ4v) is 1.58. The van der Waals surface area contributed by atoms with Crippen LogP contribution in [0.5, 0.6) is 0 Å². The molecular formula is C13H14N2O. The van der Waals surface area contributed by atoms with Gasteiger partial charge in [0.05, 0.1) is 6.20 Å². The summed E-state index contributed by atoms with van der Waals surface area (Å²) in [5.41, 5.74) is 1.72. The van der Waals surface area contributed by atoms with Gasteiger partial charge in [0.2, 0.25) is 0 Å². The molecule has 2 aromatic rings. The van der Waals surface area contributed by atoms with Gasteiger partial charge >= 0.3 is 0 Å². The fourth-order valence-electron chi connectivity index (χ4n) is 1.58. The fraction of sp³-hybridized carbons (Fsp3) is 0.231. The van der Waals surface area contributed by atoms with Crippen molar-refractivity contribution in [2.45, 2.75) is 19.9 Å². The van der Waals surface area contributed by atoms with Crippen LogP contribution in [0.4, 0.5) is 0 Å². The first-order chi connectivity index (χ1) is 7.79. The Kier molecular flexibility index (Phi) is 3.15. The highest BCUT2D eigenvalue weighted by atomic mass is 16.1. The molecule has 82 valence electrons. The van der Waals surface area contributed by atoms with Gasteiger partial charge in [-0.25, -0.2) is 0 Å². The quantitative estimate of drug-likeness (QED) is 0.732. The smallest absolute Gasteiger partial charge is 0.167 e. The highest BCUT2D eigenvalue weighted by molar-refractivity contribution is 5.97. The normalized spacial score (nSPS) is 10.3. The van der Waals surface area contributed by atoms with E-state index in [9.17, 15) is 4.79 Å². The van der Waals surface area contributed by atoms with Gasteiger partial charge in [-0.15, -0.1) is 0 Å². The van der Waals surface area contributed by atoms with Crippen LogP contribution in [0.1, 0.15) is 22.8 Å². The summed E-state index contributed by atoms with van der Waals surface area (Å²) >= 11 is 0. The number of benzene rings is 1. The van der Waals surface area contributed by atoms with Gasteiger partial charge < -0.3 is 0 Å². The van der Waals surface area contributed by atoms with Gasteiger partial charge in [0.15, 0.2) is 5.78 Å². The largest absolute Gasteiger partial charge is 0.294 e. The van der Waals surface area contributed by atoms with Crippen molar-refractivity contribution >= 4 is 5.78 Å². The summed E-state index contributed by atoms with van der Waals surface area (Å²) in [5, 5.41) is 4.15. The first-order valence-electron chi connectivity index (χ1n) is 5.39. The summed E-state index contributed by atoms with van der Waals surface area (Å²) < 4.78 is 1.83. The molecule has 0 bridgehead atoms. The van der Waals surface area contributed by atoms with E-state index in [0.29, 0.717) is 6.42 Å². The summed E-state index contributed by atoms with van der Waals surface area (Å²) in [7, 11) is 0. The van der Waals surface area contributed by atoms with E-state index >= 15 is 0 Å². The van der Waals surface area contributed by atoms with E-state index in [2.05, 4.69) is 5.10 Å². The van der Waals surface area contributed by atoms with Crippen LogP contribution >= 0.6 is 0 Å². The van der Waals surface area contributed by atoms with Crippen molar-refractivity contribution in [3.8, 4) is 0 Å². The molecule has 16 heavy (non-hydrogen) atoms. The predicted molar refractivity (Wildman–Crippen MR) is 62.4 cm³/mol. The zero-order valence-corrected chi connectivity index (χ0v) is 9.26. The first kappa shape index (κ1) is 10.6. The predicted octanol–water partition coefficient (Wildman–Crippen LogP) is 2.33. The molecule has 0 amide bonds. The van der Waals surface area contributed by atoms with Gasteiger partial charge in [-0.1, -0.05) is 30.3 Å². The van der Waals surface area contributed by atoms with E-state index in [-0.39, 0.29) is 5.78 Å². The summed E-state index contributed by atoms with van der Waals surface area (Å²) in [5.74, 6) is 0.135. The zero-order chi connectivity index (χ0) is 11.4. The van der Waals surface area contributed by atoms with Crippen LogP contribution in [0, 0.1) is 0 Å². The Morgan fingerprint density at radius 2 is 2.06 bits per heavy atom. The molecular weight excluding hydrogens is 200 g/mol. The van der Waals surface area contributed by atoms with Gasteiger partial charge in [0.1, 0.15) is 0 Å². The Bertz CT molecular complexity index is 474. The van der Waals surface area contributed by atoms with Crippen molar-refractivity contribution in [1.29, 1.82) is 0 Å². The number of nitrogens with zero attached hydrogens (tertiary/aromatic N) is 2. The Morgan fingerprint density at radius 1 is 1.31 bits per heavy atom. The van der Waals surface area contributed by atoms with Crippen LogP contribution in [-0.4, -0.2) is 15.6 Å². The molecule has 3 heteroatoms. The van der Waals surface area contributed by atoms with E-state index in [4.69, 9.17) is 0 Å². The molecule has 3 nitrogen and oxygen atoms in total. The van der Waals surface area contributed by atoms with Crippen molar-refractivity contribution < 1.29 is 4.79 Å². The van der Waals surface area contributed by atoms with E-state index in [1.807, 2.05) is 48.1 Å². The number of rotatable bonds is 4. The Labute approximate surface area is 94.7 Å². The summed E-state index contributed by atoms with van der Waals surface area (Å²) in [6.07, 6.45) is 4.09. The topological polar surface area (TPSA) is 34.9 Å². The van der Waals surface area contributed by atoms with Crippen LogP contribution in [-0.2, 0) is 13.0 Å². The molecule has 1 aromatic carbocycles. The van der Waals surface area contributed by atoms with E-state index in [0.717, 1.165) is 17.7 Å². The second-order valence-electron chi connectivity index (χ2n) is 3.67. The molecule has 0 saturated carbocycles. The lowest BCUT2D eigenvalue weighted by molar-refractivity contribution is 0.0993. The molecule has 2 rings (SSSR count). The molecule has 0 atom stereocenters. The number of carbonyl (C=O) groups excluding carboxylic acids is 1. The van der Waals surface area contributed by atoms with Crippen LogP contribution in [0.25, 0.3) is 0 Å². The number of ketones is 1. The van der Waals surface area contributed by atoms with Crippen molar-refractivity contribution in [2.75, 3.05) is 0 Å². The number of aryl methyl sites for hydroxylation is 1. The average Bonchev–Trinajstić information content (AvgIpc) is 2.78. The van der Waals surface area contributed by atoms with E-state index in [1.165, 1.54) is 0 Å². The molecule has 0 aliphatic carbocycles. The third-order valence-corrected chi connectivity index (χ3v) is 2.47.